The Balaban J connectivity index is 2.29. The summed E-state index contributed by atoms with van der Waals surface area (Å²) in [6.45, 7) is 0. The molecule has 0 aromatic heterocycles. The highest BCUT2D eigenvalue weighted by molar-refractivity contribution is 6.34. The molecule has 2 amide bonds. The fourth-order valence-corrected chi connectivity index (χ4v) is 2.04. The van der Waals surface area contributed by atoms with Crippen molar-refractivity contribution in [2.75, 3.05) is 5.32 Å². The summed E-state index contributed by atoms with van der Waals surface area (Å²) < 4.78 is 13.6. The van der Waals surface area contributed by atoms with Crippen LogP contribution in [0.2, 0.25) is 10.0 Å². The van der Waals surface area contributed by atoms with E-state index in [1.165, 1.54) is 30.3 Å². The van der Waals surface area contributed by atoms with Gasteiger partial charge >= 0.3 is 0 Å². The molecule has 21 heavy (non-hydrogen) atoms. The number of halogens is 3. The van der Waals surface area contributed by atoms with E-state index in [0.717, 1.165) is 6.07 Å². The molecule has 108 valence electrons. The van der Waals surface area contributed by atoms with Crippen LogP contribution in [0, 0.1) is 5.82 Å². The van der Waals surface area contributed by atoms with Crippen molar-refractivity contribution in [3.8, 4) is 0 Å². The lowest BCUT2D eigenvalue weighted by molar-refractivity contribution is 0.0995. The van der Waals surface area contributed by atoms with Crippen molar-refractivity contribution in [3.05, 3.63) is 63.4 Å². The highest BCUT2D eigenvalue weighted by Gasteiger charge is 2.14. The normalized spacial score (nSPS) is 10.2. The maximum atomic E-state index is 13.6. The molecule has 0 bridgehead atoms. The number of benzene rings is 2. The van der Waals surface area contributed by atoms with Crippen LogP contribution in [0.3, 0.4) is 0 Å². The molecule has 0 aliphatic heterocycles. The molecular weight excluding hydrogens is 318 g/mol. The predicted molar refractivity (Wildman–Crippen MR) is 79.3 cm³/mol. The molecule has 2 aromatic carbocycles. The Morgan fingerprint density at radius 2 is 1.76 bits per heavy atom. The van der Waals surface area contributed by atoms with E-state index in [4.69, 9.17) is 28.9 Å². The Hall–Kier alpha value is -2.11. The van der Waals surface area contributed by atoms with Gasteiger partial charge in [0.1, 0.15) is 5.82 Å². The summed E-state index contributed by atoms with van der Waals surface area (Å²) in [5.74, 6) is -2.14. The largest absolute Gasteiger partial charge is 0.366 e. The highest BCUT2D eigenvalue weighted by atomic mass is 35.5. The van der Waals surface area contributed by atoms with Crippen LogP contribution in [0.5, 0.6) is 0 Å². The number of primary amides is 1. The van der Waals surface area contributed by atoms with Crippen LogP contribution in [0.25, 0.3) is 0 Å². The summed E-state index contributed by atoms with van der Waals surface area (Å²) >= 11 is 11.5. The predicted octanol–water partition coefficient (Wildman–Crippen LogP) is 3.48. The number of amides is 2. The minimum atomic E-state index is -0.731. The molecule has 0 spiro atoms. The van der Waals surface area contributed by atoms with Crippen LogP contribution in [-0.2, 0) is 0 Å². The van der Waals surface area contributed by atoms with Gasteiger partial charge in [-0.1, -0.05) is 23.2 Å². The van der Waals surface area contributed by atoms with E-state index in [1.54, 1.807) is 0 Å². The van der Waals surface area contributed by atoms with Gasteiger partial charge in [0.15, 0.2) is 0 Å². The van der Waals surface area contributed by atoms with E-state index in [9.17, 15) is 14.0 Å². The van der Waals surface area contributed by atoms with E-state index in [0.29, 0.717) is 0 Å². The maximum absolute atomic E-state index is 13.6. The fraction of sp³-hybridized carbons (Fsp3) is 0. The van der Waals surface area contributed by atoms with Crippen LogP contribution in [0.15, 0.2) is 36.4 Å². The smallest absolute Gasteiger partial charge is 0.258 e. The summed E-state index contributed by atoms with van der Waals surface area (Å²) in [7, 11) is 0. The van der Waals surface area contributed by atoms with Crippen molar-refractivity contribution in [1.82, 2.24) is 0 Å². The molecule has 0 saturated carbocycles. The van der Waals surface area contributed by atoms with Crippen LogP contribution in [-0.4, -0.2) is 11.8 Å². The van der Waals surface area contributed by atoms with E-state index < -0.39 is 17.6 Å². The second-order valence-electron chi connectivity index (χ2n) is 4.14. The third-order valence-electron chi connectivity index (χ3n) is 2.66. The molecule has 4 nitrogen and oxygen atoms in total. The van der Waals surface area contributed by atoms with Gasteiger partial charge in [-0.05, 0) is 36.4 Å². The van der Waals surface area contributed by atoms with E-state index in [1.807, 2.05) is 0 Å². The zero-order chi connectivity index (χ0) is 15.6. The summed E-state index contributed by atoms with van der Waals surface area (Å²) in [6, 6.07) is 7.82. The number of rotatable bonds is 3. The van der Waals surface area contributed by atoms with Gasteiger partial charge in [0.05, 0.1) is 16.1 Å². The monoisotopic (exact) mass is 326 g/mol. The van der Waals surface area contributed by atoms with Crippen LogP contribution >= 0.6 is 23.2 Å². The van der Waals surface area contributed by atoms with Gasteiger partial charge in [-0.2, -0.15) is 0 Å². The van der Waals surface area contributed by atoms with E-state index >= 15 is 0 Å². The van der Waals surface area contributed by atoms with Crippen molar-refractivity contribution < 1.29 is 14.0 Å². The molecule has 0 unspecified atom stereocenters. The fourth-order valence-electron chi connectivity index (χ4n) is 1.66. The molecule has 3 N–H and O–H groups in total. The lowest BCUT2D eigenvalue weighted by Gasteiger charge is -2.08. The number of carbonyl (C=O) groups excluding carboxylic acids is 2. The standard InChI is InChI=1S/C14H9Cl2FN2O2/c15-7-1-4-12(17)10(5-7)14(21)19-8-2-3-11(16)9(6-8)13(18)20/h1-6H,(H2,18,20)(H,19,21). The topological polar surface area (TPSA) is 72.2 Å². The first-order chi connectivity index (χ1) is 9.88. The van der Waals surface area contributed by atoms with E-state index in [2.05, 4.69) is 5.32 Å². The molecule has 0 saturated heterocycles. The Morgan fingerprint density at radius 3 is 2.43 bits per heavy atom. The van der Waals surface area contributed by atoms with Crippen molar-refractivity contribution in [2.24, 2.45) is 5.73 Å². The van der Waals surface area contributed by atoms with Crippen molar-refractivity contribution in [3.63, 3.8) is 0 Å². The quantitative estimate of drug-likeness (QED) is 0.906. The molecule has 0 fully saturated rings. The van der Waals surface area contributed by atoms with Crippen LogP contribution in [0.1, 0.15) is 20.7 Å². The first-order valence-electron chi connectivity index (χ1n) is 5.74. The van der Waals surface area contributed by atoms with Crippen LogP contribution in [0.4, 0.5) is 10.1 Å². The second-order valence-corrected chi connectivity index (χ2v) is 4.98. The number of carbonyl (C=O) groups is 2. The SMILES string of the molecule is NC(=O)c1cc(NC(=O)c2cc(Cl)ccc2F)ccc1Cl. The average Bonchev–Trinajstić information content (AvgIpc) is 2.43. The first-order valence-corrected chi connectivity index (χ1v) is 6.50. The molecule has 0 heterocycles. The molecular formula is C14H9Cl2FN2O2. The lowest BCUT2D eigenvalue weighted by Crippen LogP contribution is -2.16. The lowest BCUT2D eigenvalue weighted by atomic mass is 10.1. The minimum absolute atomic E-state index is 0.0565. The third kappa shape index (κ3) is 3.51. The molecule has 0 atom stereocenters. The third-order valence-corrected chi connectivity index (χ3v) is 3.23. The summed E-state index contributed by atoms with van der Waals surface area (Å²) in [6.07, 6.45) is 0. The summed E-state index contributed by atoms with van der Waals surface area (Å²) in [5.41, 5.74) is 5.26. The van der Waals surface area contributed by atoms with E-state index in [-0.39, 0.29) is 26.9 Å². The molecule has 0 radical (unpaired) electrons. The van der Waals surface area contributed by atoms with Crippen molar-refractivity contribution in [1.29, 1.82) is 0 Å². The van der Waals surface area contributed by atoms with Gasteiger partial charge in [0.25, 0.3) is 5.91 Å². The Labute approximate surface area is 129 Å². The van der Waals surface area contributed by atoms with Crippen LogP contribution < -0.4 is 11.1 Å². The van der Waals surface area contributed by atoms with Gasteiger partial charge in [-0.3, -0.25) is 9.59 Å². The number of nitrogens with one attached hydrogen (secondary N) is 1. The van der Waals surface area contributed by atoms with Gasteiger partial charge in [-0.15, -0.1) is 0 Å². The van der Waals surface area contributed by atoms with Gasteiger partial charge in [0.2, 0.25) is 5.91 Å². The van der Waals surface area contributed by atoms with Crippen molar-refractivity contribution >= 4 is 40.7 Å². The molecule has 2 aromatic rings. The maximum Gasteiger partial charge on any atom is 0.258 e. The zero-order valence-electron chi connectivity index (χ0n) is 10.5. The average molecular weight is 327 g/mol. The molecule has 0 aliphatic carbocycles. The Kier molecular flexibility index (Phi) is 4.45. The number of hydrogen-bond acceptors (Lipinski definition) is 2. The van der Waals surface area contributed by atoms with Gasteiger partial charge in [0, 0.05) is 10.7 Å². The number of anilines is 1. The summed E-state index contributed by atoms with van der Waals surface area (Å²) in [4.78, 5) is 23.2. The molecule has 2 rings (SSSR count). The minimum Gasteiger partial charge on any atom is -0.366 e. The molecule has 0 aliphatic rings. The first kappa shape index (κ1) is 15.3. The highest BCUT2D eigenvalue weighted by Crippen LogP contribution is 2.21. The summed E-state index contributed by atoms with van der Waals surface area (Å²) in [5, 5.41) is 2.84. The number of nitrogens with two attached hydrogens (primary N) is 1. The molecule has 7 heteroatoms. The Bertz CT molecular complexity index is 735. The van der Waals surface area contributed by atoms with Gasteiger partial charge in [-0.25, -0.2) is 4.39 Å². The van der Waals surface area contributed by atoms with Crippen molar-refractivity contribution in [2.45, 2.75) is 0 Å². The number of hydrogen-bond donors (Lipinski definition) is 2. The Morgan fingerprint density at radius 1 is 1.05 bits per heavy atom. The second kappa shape index (κ2) is 6.11. The zero-order valence-corrected chi connectivity index (χ0v) is 12.0. The van der Waals surface area contributed by atoms with Gasteiger partial charge < -0.3 is 11.1 Å².